The Hall–Kier alpha value is -3.26. The van der Waals surface area contributed by atoms with Crippen LogP contribution in [0.5, 0.6) is 0 Å². The highest BCUT2D eigenvalue weighted by atomic mass is 32.1. The molecule has 1 aromatic heterocycles. The molecule has 1 aromatic carbocycles. The van der Waals surface area contributed by atoms with E-state index in [2.05, 4.69) is 10.6 Å². The lowest BCUT2D eigenvalue weighted by Gasteiger charge is -2.06. The predicted octanol–water partition coefficient (Wildman–Crippen LogP) is 3.57. The molecule has 2 N–H and O–H groups in total. The Balaban J connectivity index is 2.06. The van der Waals surface area contributed by atoms with Gasteiger partial charge in [-0.2, -0.15) is 0 Å². The van der Waals surface area contributed by atoms with Gasteiger partial charge in [-0.15, -0.1) is 11.3 Å². The van der Waals surface area contributed by atoms with Gasteiger partial charge in [-0.3, -0.25) is 14.4 Å². The van der Waals surface area contributed by atoms with Crippen molar-refractivity contribution in [2.45, 2.75) is 20.8 Å². The van der Waals surface area contributed by atoms with Gasteiger partial charge < -0.3 is 15.4 Å². The number of nitrogens with one attached hydrogen (secondary N) is 2. The first-order valence-corrected chi connectivity index (χ1v) is 9.13. The first kappa shape index (κ1) is 21.0. The highest BCUT2D eigenvalue weighted by Gasteiger charge is 2.18. The van der Waals surface area contributed by atoms with Gasteiger partial charge in [0, 0.05) is 27.8 Å². The molecule has 146 valence electrons. The minimum Gasteiger partial charge on any atom is -0.465 e. The van der Waals surface area contributed by atoms with E-state index in [4.69, 9.17) is 4.74 Å². The van der Waals surface area contributed by atoms with Gasteiger partial charge in [-0.05, 0) is 51.1 Å². The van der Waals surface area contributed by atoms with Crippen LogP contribution in [0.25, 0.3) is 0 Å². The molecule has 0 aliphatic carbocycles. The van der Waals surface area contributed by atoms with Crippen molar-refractivity contribution >= 4 is 45.6 Å². The maximum Gasteiger partial charge on any atom is 0.340 e. The van der Waals surface area contributed by atoms with Gasteiger partial charge in [0.25, 0.3) is 5.91 Å². The van der Waals surface area contributed by atoms with Crippen LogP contribution in [0.4, 0.5) is 10.7 Å². The Morgan fingerprint density at radius 2 is 1.68 bits per heavy atom. The Labute approximate surface area is 166 Å². The van der Waals surface area contributed by atoms with Crippen molar-refractivity contribution in [2.24, 2.45) is 0 Å². The van der Waals surface area contributed by atoms with E-state index in [1.165, 1.54) is 32.3 Å². The molecule has 2 rings (SSSR count). The maximum atomic E-state index is 12.4. The largest absolute Gasteiger partial charge is 0.465 e. The molecular weight excluding hydrogens is 380 g/mol. The fourth-order valence-corrected chi connectivity index (χ4v) is 3.19. The van der Waals surface area contributed by atoms with Crippen LogP contribution in [-0.4, -0.2) is 30.7 Å². The third-order valence-electron chi connectivity index (χ3n) is 3.75. The summed E-state index contributed by atoms with van der Waals surface area (Å²) in [5.41, 5.74) is 1.47. The van der Waals surface area contributed by atoms with E-state index in [0.29, 0.717) is 16.3 Å². The summed E-state index contributed by atoms with van der Waals surface area (Å²) in [4.78, 5) is 48.4. The van der Waals surface area contributed by atoms with Crippen LogP contribution in [-0.2, 0) is 14.3 Å². The number of hydrogen-bond donors (Lipinski definition) is 2. The average molecular weight is 400 g/mol. The van der Waals surface area contributed by atoms with Gasteiger partial charge >= 0.3 is 5.97 Å². The second kappa shape index (κ2) is 9.09. The summed E-state index contributed by atoms with van der Waals surface area (Å²) in [7, 11) is 1.26. The van der Waals surface area contributed by atoms with Gasteiger partial charge in [0.1, 0.15) is 5.00 Å². The van der Waals surface area contributed by atoms with Crippen LogP contribution in [0.2, 0.25) is 0 Å². The van der Waals surface area contributed by atoms with Gasteiger partial charge in [-0.25, -0.2) is 4.79 Å². The lowest BCUT2D eigenvalue weighted by atomic mass is 10.1. The molecule has 0 fully saturated rings. The lowest BCUT2D eigenvalue weighted by molar-refractivity contribution is -0.114. The van der Waals surface area contributed by atoms with Gasteiger partial charge in [0.15, 0.2) is 5.78 Å². The molecule has 8 heteroatoms. The molecule has 0 unspecified atom stereocenters. The van der Waals surface area contributed by atoms with Crippen LogP contribution >= 0.6 is 11.3 Å². The molecule has 0 bridgehead atoms. The summed E-state index contributed by atoms with van der Waals surface area (Å²) < 4.78 is 4.70. The van der Waals surface area contributed by atoms with E-state index >= 15 is 0 Å². The van der Waals surface area contributed by atoms with E-state index in [-0.39, 0.29) is 16.9 Å². The number of aryl methyl sites for hydroxylation is 1. The average Bonchev–Trinajstić information content (AvgIpc) is 3.01. The number of amides is 2. The number of Topliss-reactive ketones (excluding diaryl/α,β-unsaturated/α-hetero) is 1. The number of carbonyl (C=O) groups excluding carboxylic acids is 4. The second-order valence-electron chi connectivity index (χ2n) is 6.00. The third kappa shape index (κ3) is 5.37. The summed E-state index contributed by atoms with van der Waals surface area (Å²) in [6.45, 7) is 4.76. The minimum atomic E-state index is -0.548. The molecule has 0 radical (unpaired) electrons. The van der Waals surface area contributed by atoms with Gasteiger partial charge in [0.2, 0.25) is 5.91 Å². The molecule has 2 amide bonds. The second-order valence-corrected chi connectivity index (χ2v) is 7.25. The summed E-state index contributed by atoms with van der Waals surface area (Å²) in [5, 5.41) is 5.61. The normalized spacial score (nSPS) is 10.9. The van der Waals surface area contributed by atoms with E-state index in [1.54, 1.807) is 37.3 Å². The number of rotatable bonds is 6. The van der Waals surface area contributed by atoms with Crippen LogP contribution in [0.15, 0.2) is 42.0 Å². The van der Waals surface area contributed by atoms with Crippen molar-refractivity contribution in [3.63, 3.8) is 0 Å². The molecule has 1 heterocycles. The van der Waals surface area contributed by atoms with Crippen LogP contribution < -0.4 is 10.6 Å². The van der Waals surface area contributed by atoms with E-state index in [9.17, 15) is 19.2 Å². The zero-order valence-corrected chi connectivity index (χ0v) is 16.7. The number of hydrogen-bond acceptors (Lipinski definition) is 6. The molecule has 0 atom stereocenters. The molecule has 7 nitrogen and oxygen atoms in total. The van der Waals surface area contributed by atoms with Crippen molar-refractivity contribution in [3.8, 4) is 0 Å². The SMILES string of the molecule is COC(=O)c1cc(C)sc1NC(=O)/C(C)=C\C(=O)Nc1ccc(C(C)=O)cc1. The highest BCUT2D eigenvalue weighted by molar-refractivity contribution is 7.16. The van der Waals surface area contributed by atoms with Crippen LogP contribution in [0, 0.1) is 6.92 Å². The number of ether oxygens (including phenoxy) is 1. The fraction of sp³-hybridized carbons (Fsp3) is 0.200. The standard InChI is InChI=1S/C20H20N2O5S/c1-11(9-17(24)21-15-7-5-14(6-8-15)13(3)23)18(25)22-19-16(20(26)27-4)10-12(2)28-19/h5-10H,1-4H3,(H,21,24)(H,22,25)/b11-9-. The highest BCUT2D eigenvalue weighted by Crippen LogP contribution is 2.28. The zero-order chi connectivity index (χ0) is 20.8. The Bertz CT molecular complexity index is 957. The molecule has 0 aliphatic heterocycles. The Morgan fingerprint density at radius 1 is 1.04 bits per heavy atom. The number of benzene rings is 1. The Kier molecular flexibility index (Phi) is 6.84. The summed E-state index contributed by atoms with van der Waals surface area (Å²) in [5.74, 6) is -1.61. The van der Waals surface area contributed by atoms with Crippen LogP contribution in [0.1, 0.15) is 39.4 Å². The van der Waals surface area contributed by atoms with Crippen molar-refractivity contribution < 1.29 is 23.9 Å². The number of methoxy groups -OCH3 is 1. The van der Waals surface area contributed by atoms with Gasteiger partial charge in [0.05, 0.1) is 12.7 Å². The molecular formula is C20H20N2O5S. The quantitative estimate of drug-likeness (QED) is 0.438. The number of esters is 1. The monoisotopic (exact) mass is 400 g/mol. The minimum absolute atomic E-state index is 0.0691. The fourth-order valence-electron chi connectivity index (χ4n) is 2.30. The predicted molar refractivity (Wildman–Crippen MR) is 108 cm³/mol. The van der Waals surface area contributed by atoms with Crippen molar-refractivity contribution in [1.29, 1.82) is 0 Å². The summed E-state index contributed by atoms with van der Waals surface area (Å²) in [6.07, 6.45) is 1.16. The smallest absolute Gasteiger partial charge is 0.340 e. The first-order valence-electron chi connectivity index (χ1n) is 8.31. The third-order valence-corrected chi connectivity index (χ3v) is 4.72. The summed E-state index contributed by atoms with van der Waals surface area (Å²) in [6, 6.07) is 8.05. The number of carbonyl (C=O) groups is 4. The summed E-state index contributed by atoms with van der Waals surface area (Å²) >= 11 is 1.24. The first-order chi connectivity index (χ1) is 13.2. The Morgan fingerprint density at radius 3 is 2.25 bits per heavy atom. The molecule has 2 aromatic rings. The molecule has 0 aliphatic rings. The number of ketones is 1. The maximum absolute atomic E-state index is 12.4. The van der Waals surface area contributed by atoms with E-state index < -0.39 is 17.8 Å². The number of thiophene rings is 1. The lowest BCUT2D eigenvalue weighted by Crippen LogP contribution is -2.17. The molecule has 0 saturated heterocycles. The zero-order valence-electron chi connectivity index (χ0n) is 15.9. The number of anilines is 2. The van der Waals surface area contributed by atoms with E-state index in [0.717, 1.165) is 11.0 Å². The molecule has 0 spiro atoms. The van der Waals surface area contributed by atoms with E-state index in [1.807, 2.05) is 0 Å². The topological polar surface area (TPSA) is 102 Å². The van der Waals surface area contributed by atoms with Crippen LogP contribution in [0.3, 0.4) is 0 Å². The molecule has 0 saturated carbocycles. The van der Waals surface area contributed by atoms with Crippen molar-refractivity contribution in [2.75, 3.05) is 17.7 Å². The van der Waals surface area contributed by atoms with Crippen molar-refractivity contribution in [3.05, 3.63) is 58.0 Å². The van der Waals surface area contributed by atoms with Gasteiger partial charge in [-0.1, -0.05) is 0 Å². The molecule has 28 heavy (non-hydrogen) atoms. The van der Waals surface area contributed by atoms with Crippen molar-refractivity contribution in [1.82, 2.24) is 0 Å².